The smallest absolute Gasteiger partial charge is 0.317 e. The van der Waals surface area contributed by atoms with Gasteiger partial charge in [0.2, 0.25) is 0 Å². The van der Waals surface area contributed by atoms with Gasteiger partial charge in [0.25, 0.3) is 0 Å². The number of piperidine rings is 1. The minimum absolute atomic E-state index is 0.00345. The zero-order chi connectivity index (χ0) is 12.5. The van der Waals surface area contributed by atoms with Gasteiger partial charge in [-0.25, -0.2) is 4.79 Å². The third-order valence-electron chi connectivity index (χ3n) is 4.24. The van der Waals surface area contributed by atoms with Crippen LogP contribution in [-0.2, 0) is 0 Å². The van der Waals surface area contributed by atoms with E-state index in [1.165, 1.54) is 12.8 Å². The van der Waals surface area contributed by atoms with E-state index in [0.29, 0.717) is 6.54 Å². The molecule has 0 aromatic rings. The number of aliphatic hydroxyl groups is 1. The van der Waals surface area contributed by atoms with Gasteiger partial charge in [-0.2, -0.15) is 0 Å². The Kier molecular flexibility index (Phi) is 3.61. The number of nitrogens with one attached hydrogen (secondary N) is 1. The summed E-state index contributed by atoms with van der Waals surface area (Å²) >= 11 is 0. The van der Waals surface area contributed by atoms with Crippen molar-refractivity contribution in [3.8, 4) is 0 Å². The number of likely N-dealkylation sites (tertiary alicyclic amines) is 1. The number of urea groups is 1. The first kappa shape index (κ1) is 12.7. The van der Waals surface area contributed by atoms with E-state index in [4.69, 9.17) is 0 Å². The number of carbonyl (C=O) groups is 1. The maximum atomic E-state index is 12.1. The maximum absolute atomic E-state index is 12.1. The molecule has 17 heavy (non-hydrogen) atoms. The summed E-state index contributed by atoms with van der Waals surface area (Å²) in [5.41, 5.74) is 0.212. The number of β-amino-alcohol motifs (C(OH)–C–C–N with tert-alkyl or cyclic N) is 1. The quantitative estimate of drug-likeness (QED) is 0.733. The van der Waals surface area contributed by atoms with Gasteiger partial charge in [0.05, 0.1) is 6.10 Å². The van der Waals surface area contributed by atoms with Crippen LogP contribution in [0.3, 0.4) is 0 Å². The predicted octanol–water partition coefficient (Wildman–Crippen LogP) is 1.73. The van der Waals surface area contributed by atoms with E-state index in [9.17, 15) is 9.90 Å². The van der Waals surface area contributed by atoms with Gasteiger partial charge in [-0.3, -0.25) is 0 Å². The van der Waals surface area contributed by atoms with E-state index in [0.717, 1.165) is 25.8 Å². The molecule has 2 amide bonds. The molecule has 0 aromatic heterocycles. The largest absolute Gasteiger partial charge is 0.391 e. The first-order valence-corrected chi connectivity index (χ1v) is 6.72. The summed E-state index contributed by atoms with van der Waals surface area (Å²) in [6.07, 6.45) is 4.84. The third kappa shape index (κ3) is 2.92. The molecular formula is C13H24N2O2. The average Bonchev–Trinajstić information content (AvgIpc) is 2.58. The first-order valence-electron chi connectivity index (χ1n) is 6.72. The van der Waals surface area contributed by atoms with E-state index in [1.54, 1.807) is 4.90 Å². The monoisotopic (exact) mass is 240 g/mol. The standard InChI is InChI=1S/C13H24N2O2/c1-13(2)7-3-6-11(13)14-12(17)15-8-4-5-10(16)9-15/h10-11,16H,3-9H2,1-2H3,(H,14,17). The second-order valence-corrected chi connectivity index (χ2v) is 6.12. The Morgan fingerprint density at radius 3 is 2.71 bits per heavy atom. The highest BCUT2D eigenvalue weighted by Crippen LogP contribution is 2.37. The van der Waals surface area contributed by atoms with Gasteiger partial charge in [-0.15, -0.1) is 0 Å². The van der Waals surface area contributed by atoms with Gasteiger partial charge in [-0.1, -0.05) is 20.3 Å². The molecule has 2 rings (SSSR count). The number of aliphatic hydroxyl groups excluding tert-OH is 1. The molecule has 2 atom stereocenters. The summed E-state index contributed by atoms with van der Waals surface area (Å²) < 4.78 is 0. The number of nitrogens with zero attached hydrogens (tertiary/aromatic N) is 1. The Morgan fingerprint density at radius 2 is 2.12 bits per heavy atom. The van der Waals surface area contributed by atoms with Crippen LogP contribution in [0.2, 0.25) is 0 Å². The average molecular weight is 240 g/mol. The molecule has 0 spiro atoms. The molecular weight excluding hydrogens is 216 g/mol. The number of hydrogen-bond donors (Lipinski definition) is 2. The maximum Gasteiger partial charge on any atom is 0.317 e. The molecule has 0 bridgehead atoms. The Balaban J connectivity index is 1.88. The molecule has 4 heteroatoms. The second-order valence-electron chi connectivity index (χ2n) is 6.12. The first-order chi connectivity index (χ1) is 7.99. The molecule has 2 fully saturated rings. The molecule has 1 aliphatic carbocycles. The molecule has 0 aromatic carbocycles. The van der Waals surface area contributed by atoms with Crippen LogP contribution >= 0.6 is 0 Å². The summed E-state index contributed by atoms with van der Waals surface area (Å²) in [5, 5.41) is 12.7. The van der Waals surface area contributed by atoms with E-state index < -0.39 is 0 Å². The number of amides is 2. The minimum atomic E-state index is -0.342. The van der Waals surface area contributed by atoms with Crippen molar-refractivity contribution < 1.29 is 9.90 Å². The van der Waals surface area contributed by atoms with Crippen LogP contribution in [0.1, 0.15) is 46.0 Å². The van der Waals surface area contributed by atoms with E-state index in [-0.39, 0.29) is 23.6 Å². The van der Waals surface area contributed by atoms with Crippen molar-refractivity contribution in [3.05, 3.63) is 0 Å². The highest BCUT2D eigenvalue weighted by Gasteiger charge is 2.36. The minimum Gasteiger partial charge on any atom is -0.391 e. The van der Waals surface area contributed by atoms with Crippen LogP contribution < -0.4 is 5.32 Å². The predicted molar refractivity (Wildman–Crippen MR) is 66.8 cm³/mol. The lowest BCUT2D eigenvalue weighted by Crippen LogP contribution is -2.51. The van der Waals surface area contributed by atoms with E-state index in [1.807, 2.05) is 0 Å². The van der Waals surface area contributed by atoms with Crippen LogP contribution in [0.5, 0.6) is 0 Å². The van der Waals surface area contributed by atoms with Gasteiger partial charge >= 0.3 is 6.03 Å². The van der Waals surface area contributed by atoms with Gasteiger partial charge in [-0.05, 0) is 31.1 Å². The van der Waals surface area contributed by atoms with Gasteiger partial charge < -0.3 is 15.3 Å². The summed E-state index contributed by atoms with van der Waals surface area (Å²) in [6, 6.07) is 0.290. The number of rotatable bonds is 1. The summed E-state index contributed by atoms with van der Waals surface area (Å²) in [7, 11) is 0. The molecule has 98 valence electrons. The molecule has 2 unspecified atom stereocenters. The highest BCUT2D eigenvalue weighted by atomic mass is 16.3. The van der Waals surface area contributed by atoms with Crippen molar-refractivity contribution >= 4 is 6.03 Å². The normalized spacial score (nSPS) is 32.5. The summed E-state index contributed by atoms with van der Waals surface area (Å²) in [5.74, 6) is 0. The lowest BCUT2D eigenvalue weighted by molar-refractivity contribution is 0.0818. The number of hydrogen-bond acceptors (Lipinski definition) is 2. The van der Waals surface area contributed by atoms with Crippen molar-refractivity contribution in [2.45, 2.75) is 58.1 Å². The summed E-state index contributed by atoms with van der Waals surface area (Å²) in [4.78, 5) is 13.8. The highest BCUT2D eigenvalue weighted by molar-refractivity contribution is 5.74. The van der Waals surface area contributed by atoms with Crippen molar-refractivity contribution in [1.29, 1.82) is 0 Å². The van der Waals surface area contributed by atoms with Crippen molar-refractivity contribution in [2.24, 2.45) is 5.41 Å². The van der Waals surface area contributed by atoms with Gasteiger partial charge in [0.1, 0.15) is 0 Å². The van der Waals surface area contributed by atoms with E-state index in [2.05, 4.69) is 19.2 Å². The van der Waals surface area contributed by atoms with E-state index >= 15 is 0 Å². The molecule has 2 aliphatic rings. The van der Waals surface area contributed by atoms with Crippen LogP contribution in [0.4, 0.5) is 4.79 Å². The van der Waals surface area contributed by atoms with Crippen molar-refractivity contribution in [2.75, 3.05) is 13.1 Å². The zero-order valence-electron chi connectivity index (χ0n) is 10.9. The second kappa shape index (κ2) is 4.84. The Labute approximate surface area is 103 Å². The number of carbonyl (C=O) groups excluding carboxylic acids is 1. The molecule has 1 heterocycles. The molecule has 1 saturated heterocycles. The zero-order valence-corrected chi connectivity index (χ0v) is 10.9. The lowest BCUT2D eigenvalue weighted by Gasteiger charge is -2.34. The molecule has 1 aliphatic heterocycles. The fourth-order valence-corrected chi connectivity index (χ4v) is 2.97. The Hall–Kier alpha value is -0.770. The van der Waals surface area contributed by atoms with Gasteiger partial charge in [0, 0.05) is 19.1 Å². The lowest BCUT2D eigenvalue weighted by atomic mass is 9.87. The summed E-state index contributed by atoms with van der Waals surface area (Å²) in [6.45, 7) is 5.70. The van der Waals surface area contributed by atoms with Crippen LogP contribution in [0, 0.1) is 5.41 Å². The fourth-order valence-electron chi connectivity index (χ4n) is 2.97. The molecule has 1 saturated carbocycles. The van der Waals surface area contributed by atoms with Gasteiger partial charge in [0.15, 0.2) is 0 Å². The SMILES string of the molecule is CC1(C)CCCC1NC(=O)N1CCCC(O)C1. The van der Waals surface area contributed by atoms with Crippen LogP contribution in [0.25, 0.3) is 0 Å². The Morgan fingerprint density at radius 1 is 1.35 bits per heavy atom. The van der Waals surface area contributed by atoms with Crippen molar-refractivity contribution in [3.63, 3.8) is 0 Å². The van der Waals surface area contributed by atoms with Crippen LogP contribution in [0.15, 0.2) is 0 Å². The van der Waals surface area contributed by atoms with Crippen LogP contribution in [-0.4, -0.2) is 41.3 Å². The topological polar surface area (TPSA) is 52.6 Å². The third-order valence-corrected chi connectivity index (χ3v) is 4.24. The molecule has 0 radical (unpaired) electrons. The molecule has 2 N–H and O–H groups in total. The molecule has 4 nitrogen and oxygen atoms in total. The fraction of sp³-hybridized carbons (Fsp3) is 0.923. The van der Waals surface area contributed by atoms with Crippen molar-refractivity contribution in [1.82, 2.24) is 10.2 Å². The Bertz CT molecular complexity index is 291.